The number of benzene rings is 1. The fraction of sp³-hybridized carbons (Fsp3) is 0.267. The monoisotopic (exact) mass is 692 g/mol. The van der Waals surface area contributed by atoms with Gasteiger partial charge < -0.3 is 9.88 Å². The predicted octanol–water partition coefficient (Wildman–Crippen LogP) is 7.42. The van der Waals surface area contributed by atoms with E-state index in [4.69, 9.17) is 23.2 Å². The molecule has 1 aliphatic heterocycles. The Bertz CT molecular complexity index is 2040. The van der Waals surface area contributed by atoms with Crippen LogP contribution in [0.5, 0.6) is 0 Å². The second kappa shape index (κ2) is 12.5. The van der Waals surface area contributed by atoms with Gasteiger partial charge in [0.15, 0.2) is 5.15 Å². The molecule has 1 aliphatic rings. The molecule has 0 unspecified atom stereocenters. The van der Waals surface area contributed by atoms with Crippen LogP contribution in [0.25, 0.3) is 28.1 Å². The Morgan fingerprint density at radius 2 is 1.81 bits per heavy atom. The normalized spacial score (nSPS) is 17.2. The first-order chi connectivity index (χ1) is 22.3. The highest BCUT2D eigenvalue weighted by Gasteiger charge is 2.37. The average molecular weight is 693 g/mol. The molecule has 2 atom stereocenters. The van der Waals surface area contributed by atoms with Crippen LogP contribution >= 0.6 is 23.2 Å². The molecule has 47 heavy (non-hydrogen) atoms. The van der Waals surface area contributed by atoms with E-state index in [1.807, 2.05) is 0 Å². The maximum atomic E-state index is 14.8. The number of anilines is 1. The lowest BCUT2D eigenvalue weighted by atomic mass is 9.95. The summed E-state index contributed by atoms with van der Waals surface area (Å²) in [5.41, 5.74) is -2.11. The van der Waals surface area contributed by atoms with Crippen LogP contribution < -0.4 is 10.9 Å². The summed E-state index contributed by atoms with van der Waals surface area (Å²) < 4.78 is 74.9. The number of pyridine rings is 2. The summed E-state index contributed by atoms with van der Waals surface area (Å²) in [6, 6.07) is 6.75. The van der Waals surface area contributed by atoms with E-state index < -0.39 is 47.3 Å². The standard InChI is InChI=1S/C30H23Cl2F5N8O2/c1-15-3-2-4-24(21-9-16(7-8-38-21)27-22(40-28(15)47)12-39-45(27)29(33)34)43-13-20(30(35,36)37)18(11-26(43)46)19-10-17(31)5-6-23(19)44-14-25(32)41-42-44/h5-15,24,29H,2-4H2,1H3,(H,40,47)/t15-,24+/m1/s1. The van der Waals surface area contributed by atoms with Crippen molar-refractivity contribution in [2.75, 3.05) is 5.32 Å². The number of rotatable bonds is 4. The number of hydrogen-bond donors (Lipinski definition) is 1. The lowest BCUT2D eigenvalue weighted by Crippen LogP contribution is -2.28. The second-order valence-electron chi connectivity index (χ2n) is 10.9. The number of amides is 1. The lowest BCUT2D eigenvalue weighted by Gasteiger charge is -2.24. The van der Waals surface area contributed by atoms with Gasteiger partial charge in [0.25, 0.3) is 5.56 Å². The van der Waals surface area contributed by atoms with Crippen LogP contribution in [0, 0.1) is 5.92 Å². The van der Waals surface area contributed by atoms with Gasteiger partial charge in [0.1, 0.15) is 0 Å². The zero-order chi connectivity index (χ0) is 33.6. The van der Waals surface area contributed by atoms with Crippen molar-refractivity contribution in [1.82, 2.24) is 34.3 Å². The number of carbonyl (C=O) groups excluding carboxylic acids is 1. The van der Waals surface area contributed by atoms with E-state index in [9.17, 15) is 31.5 Å². The van der Waals surface area contributed by atoms with Crippen LogP contribution in [-0.4, -0.2) is 40.2 Å². The average Bonchev–Trinajstić information content (AvgIpc) is 3.64. The molecule has 1 amide bonds. The quantitative estimate of drug-likeness (QED) is 0.196. The number of carbonyl (C=O) groups is 1. The summed E-state index contributed by atoms with van der Waals surface area (Å²) in [4.78, 5) is 31.1. The van der Waals surface area contributed by atoms with Gasteiger partial charge >= 0.3 is 12.7 Å². The third-order valence-electron chi connectivity index (χ3n) is 7.88. The van der Waals surface area contributed by atoms with Gasteiger partial charge in [0, 0.05) is 46.1 Å². The van der Waals surface area contributed by atoms with Crippen LogP contribution in [0.2, 0.25) is 10.2 Å². The summed E-state index contributed by atoms with van der Waals surface area (Å²) >= 11 is 12.1. The van der Waals surface area contributed by atoms with Gasteiger partial charge in [-0.15, -0.1) is 5.10 Å². The molecule has 0 saturated heterocycles. The van der Waals surface area contributed by atoms with E-state index in [1.54, 1.807) is 6.92 Å². The third-order valence-corrected chi connectivity index (χ3v) is 8.29. The number of nitrogens with zero attached hydrogens (tertiary/aromatic N) is 7. The lowest BCUT2D eigenvalue weighted by molar-refractivity contribution is -0.137. The molecule has 1 aromatic carbocycles. The Balaban J connectivity index is 1.55. The maximum Gasteiger partial charge on any atom is 0.418 e. The number of fused-ring (bicyclic) bond motifs is 4. The smallest absolute Gasteiger partial charge is 0.323 e. The SMILES string of the molecule is C[C@@H]1CCC[C@H](n2cc(C(F)(F)F)c(-c3cc(Cl)ccc3-n3cc(Cl)nn3)cc2=O)c2cc(ccn2)-c2c(cnn2C(F)F)NC1=O. The molecule has 5 heterocycles. The minimum atomic E-state index is -4.95. The summed E-state index contributed by atoms with van der Waals surface area (Å²) in [6.07, 6.45) is 0.159. The fourth-order valence-electron chi connectivity index (χ4n) is 5.63. The Morgan fingerprint density at radius 3 is 2.51 bits per heavy atom. The zero-order valence-corrected chi connectivity index (χ0v) is 25.7. The van der Waals surface area contributed by atoms with Crippen molar-refractivity contribution in [2.45, 2.75) is 45.0 Å². The number of alkyl halides is 5. The summed E-state index contributed by atoms with van der Waals surface area (Å²) in [5.74, 6) is -1.04. The predicted molar refractivity (Wildman–Crippen MR) is 163 cm³/mol. The van der Waals surface area contributed by atoms with Crippen LogP contribution in [0.4, 0.5) is 27.6 Å². The van der Waals surface area contributed by atoms with E-state index in [-0.39, 0.29) is 56.9 Å². The number of hydrogen-bond acceptors (Lipinski definition) is 6. The first-order valence-corrected chi connectivity index (χ1v) is 14.9. The van der Waals surface area contributed by atoms with Crippen molar-refractivity contribution in [3.05, 3.63) is 93.0 Å². The topological polar surface area (TPSA) is 113 Å². The molecular weight excluding hydrogens is 670 g/mol. The molecule has 0 fully saturated rings. The van der Waals surface area contributed by atoms with Crippen LogP contribution in [-0.2, 0) is 11.0 Å². The second-order valence-corrected chi connectivity index (χ2v) is 11.8. The minimum Gasteiger partial charge on any atom is -0.323 e. The highest BCUT2D eigenvalue weighted by atomic mass is 35.5. The van der Waals surface area contributed by atoms with Gasteiger partial charge in [0.05, 0.1) is 46.8 Å². The fourth-order valence-corrected chi connectivity index (χ4v) is 5.92. The van der Waals surface area contributed by atoms with E-state index in [0.717, 1.165) is 21.5 Å². The number of nitrogens with one attached hydrogen (secondary N) is 1. The Hall–Kier alpha value is -4.63. The first-order valence-electron chi connectivity index (χ1n) is 14.2. The van der Waals surface area contributed by atoms with Crippen molar-refractivity contribution >= 4 is 34.8 Å². The minimum absolute atomic E-state index is 0.00915. The van der Waals surface area contributed by atoms with Crippen molar-refractivity contribution in [3.63, 3.8) is 0 Å². The van der Waals surface area contributed by atoms with E-state index in [0.29, 0.717) is 17.3 Å². The van der Waals surface area contributed by atoms with E-state index >= 15 is 0 Å². The van der Waals surface area contributed by atoms with Gasteiger partial charge in [-0.05, 0) is 43.2 Å². The molecule has 2 bridgehead atoms. The zero-order valence-electron chi connectivity index (χ0n) is 24.2. The van der Waals surface area contributed by atoms with Crippen molar-refractivity contribution in [1.29, 1.82) is 0 Å². The van der Waals surface area contributed by atoms with E-state index in [1.165, 1.54) is 42.7 Å². The van der Waals surface area contributed by atoms with Gasteiger partial charge in [-0.3, -0.25) is 14.6 Å². The summed E-state index contributed by atoms with van der Waals surface area (Å²) in [7, 11) is 0. The molecule has 0 radical (unpaired) electrons. The Labute approximate surface area is 272 Å². The van der Waals surface area contributed by atoms with Crippen molar-refractivity contribution in [2.24, 2.45) is 5.92 Å². The number of halogens is 7. The molecule has 0 saturated carbocycles. The summed E-state index contributed by atoms with van der Waals surface area (Å²) in [5, 5.41) is 14.0. The Morgan fingerprint density at radius 1 is 1.02 bits per heavy atom. The highest BCUT2D eigenvalue weighted by Crippen LogP contribution is 2.41. The van der Waals surface area contributed by atoms with Gasteiger partial charge in [0.2, 0.25) is 5.91 Å². The molecular formula is C30H23Cl2F5N8O2. The van der Waals surface area contributed by atoms with Crippen LogP contribution in [0.1, 0.15) is 50.0 Å². The largest absolute Gasteiger partial charge is 0.418 e. The molecule has 10 nitrogen and oxygen atoms in total. The third kappa shape index (κ3) is 6.37. The molecule has 17 heteroatoms. The summed E-state index contributed by atoms with van der Waals surface area (Å²) in [6.45, 7) is -1.43. The first kappa shape index (κ1) is 32.3. The van der Waals surface area contributed by atoms with Gasteiger partial charge in [-0.25, -0.2) is 9.36 Å². The van der Waals surface area contributed by atoms with Gasteiger partial charge in [-0.1, -0.05) is 41.8 Å². The van der Waals surface area contributed by atoms with Crippen molar-refractivity contribution in [3.8, 4) is 28.1 Å². The molecule has 244 valence electrons. The Kier molecular flexibility index (Phi) is 8.61. The molecule has 4 aromatic heterocycles. The van der Waals surface area contributed by atoms with Crippen molar-refractivity contribution < 1.29 is 26.7 Å². The van der Waals surface area contributed by atoms with Crippen LogP contribution in [0.3, 0.4) is 0 Å². The van der Waals surface area contributed by atoms with Gasteiger partial charge in [-0.2, -0.15) is 27.1 Å². The molecule has 5 aromatic rings. The molecule has 0 spiro atoms. The molecule has 0 aliphatic carbocycles. The maximum absolute atomic E-state index is 14.8. The number of aromatic nitrogens is 7. The highest BCUT2D eigenvalue weighted by molar-refractivity contribution is 6.31. The molecule has 1 N–H and O–H groups in total. The van der Waals surface area contributed by atoms with E-state index in [2.05, 4.69) is 25.7 Å². The van der Waals surface area contributed by atoms with Crippen LogP contribution in [0.15, 0.2) is 66.0 Å². The molecule has 6 rings (SSSR count).